The van der Waals surface area contributed by atoms with Gasteiger partial charge in [0.1, 0.15) is 11.5 Å². The van der Waals surface area contributed by atoms with Gasteiger partial charge in [-0.3, -0.25) is 4.79 Å². The van der Waals surface area contributed by atoms with Crippen molar-refractivity contribution < 1.29 is 15.0 Å². The molecule has 0 radical (unpaired) electrons. The van der Waals surface area contributed by atoms with Crippen molar-refractivity contribution in [3.8, 4) is 11.5 Å². The van der Waals surface area contributed by atoms with Crippen LogP contribution in [-0.2, 0) is 11.8 Å². The molecule has 1 aliphatic rings. The predicted octanol–water partition coefficient (Wildman–Crippen LogP) is 5.09. The topological polar surface area (TPSA) is 57.5 Å². The SMILES string of the molecule is CC[C@@]1(c2ccc(O)cc2)CCCc2cc(O)cc(C(C)C)c2C1=O. The predicted molar refractivity (Wildman–Crippen MR) is 99.5 cm³/mol. The van der Waals surface area contributed by atoms with Crippen LogP contribution >= 0.6 is 0 Å². The van der Waals surface area contributed by atoms with Gasteiger partial charge in [0.15, 0.2) is 5.78 Å². The minimum absolute atomic E-state index is 0.150. The summed E-state index contributed by atoms with van der Waals surface area (Å²) >= 11 is 0. The van der Waals surface area contributed by atoms with Gasteiger partial charge >= 0.3 is 0 Å². The average Bonchev–Trinajstić information content (AvgIpc) is 2.72. The lowest BCUT2D eigenvalue weighted by molar-refractivity contribution is 0.0870. The lowest BCUT2D eigenvalue weighted by Gasteiger charge is -2.32. The van der Waals surface area contributed by atoms with Crippen LogP contribution in [0.1, 0.15) is 73.0 Å². The van der Waals surface area contributed by atoms with E-state index in [1.807, 2.05) is 12.1 Å². The van der Waals surface area contributed by atoms with E-state index in [0.717, 1.165) is 41.5 Å². The van der Waals surface area contributed by atoms with E-state index in [0.29, 0.717) is 6.42 Å². The average molecular weight is 338 g/mol. The van der Waals surface area contributed by atoms with Crippen molar-refractivity contribution >= 4 is 5.78 Å². The summed E-state index contributed by atoms with van der Waals surface area (Å²) in [6, 6.07) is 10.6. The normalized spacial score (nSPS) is 20.4. The Labute approximate surface area is 149 Å². The lowest BCUT2D eigenvalue weighted by atomic mass is 9.69. The number of aromatic hydroxyl groups is 2. The molecule has 0 amide bonds. The second-order valence-corrected chi connectivity index (χ2v) is 7.39. The molecule has 3 rings (SSSR count). The van der Waals surface area contributed by atoms with Crippen molar-refractivity contribution in [2.75, 3.05) is 0 Å². The van der Waals surface area contributed by atoms with Crippen molar-refractivity contribution in [1.82, 2.24) is 0 Å². The van der Waals surface area contributed by atoms with E-state index in [1.54, 1.807) is 24.3 Å². The smallest absolute Gasteiger partial charge is 0.173 e. The Morgan fingerprint density at radius 3 is 2.36 bits per heavy atom. The molecule has 2 N–H and O–H groups in total. The third kappa shape index (κ3) is 2.92. The number of benzene rings is 2. The molecule has 0 unspecified atom stereocenters. The summed E-state index contributed by atoms with van der Waals surface area (Å²) in [6.07, 6.45) is 3.19. The van der Waals surface area contributed by atoms with Gasteiger partial charge in [-0.25, -0.2) is 0 Å². The van der Waals surface area contributed by atoms with E-state index in [2.05, 4.69) is 20.8 Å². The van der Waals surface area contributed by atoms with Crippen molar-refractivity contribution in [1.29, 1.82) is 0 Å². The van der Waals surface area contributed by atoms with Crippen LogP contribution < -0.4 is 0 Å². The summed E-state index contributed by atoms with van der Waals surface area (Å²) in [6.45, 7) is 6.17. The highest BCUT2D eigenvalue weighted by Crippen LogP contribution is 2.43. The quantitative estimate of drug-likeness (QED) is 0.767. The maximum atomic E-state index is 13.8. The fraction of sp³-hybridized carbons (Fsp3) is 0.409. The summed E-state index contributed by atoms with van der Waals surface area (Å²) in [5.41, 5.74) is 3.08. The zero-order valence-electron chi connectivity index (χ0n) is 15.2. The molecule has 3 nitrogen and oxygen atoms in total. The summed E-state index contributed by atoms with van der Waals surface area (Å²) in [7, 11) is 0. The van der Waals surface area contributed by atoms with Crippen LogP contribution in [0.3, 0.4) is 0 Å². The van der Waals surface area contributed by atoms with Crippen LogP contribution in [0.15, 0.2) is 36.4 Å². The maximum Gasteiger partial charge on any atom is 0.173 e. The van der Waals surface area contributed by atoms with Crippen LogP contribution in [0.25, 0.3) is 0 Å². The van der Waals surface area contributed by atoms with Gasteiger partial charge in [0.05, 0.1) is 5.41 Å². The molecular weight excluding hydrogens is 312 g/mol. The van der Waals surface area contributed by atoms with Crippen LogP contribution in [0.4, 0.5) is 0 Å². The van der Waals surface area contributed by atoms with E-state index < -0.39 is 5.41 Å². The van der Waals surface area contributed by atoms with Crippen LogP contribution in [0.2, 0.25) is 0 Å². The first-order valence-electron chi connectivity index (χ1n) is 9.09. The fourth-order valence-corrected chi connectivity index (χ4v) is 4.17. The number of rotatable bonds is 3. The highest BCUT2D eigenvalue weighted by Gasteiger charge is 2.42. The first kappa shape index (κ1) is 17.5. The molecule has 0 saturated heterocycles. The third-order valence-electron chi connectivity index (χ3n) is 5.59. The highest BCUT2D eigenvalue weighted by atomic mass is 16.3. The molecule has 0 aliphatic heterocycles. The Hall–Kier alpha value is -2.29. The molecule has 0 spiro atoms. The number of hydrogen-bond donors (Lipinski definition) is 2. The van der Waals surface area contributed by atoms with Crippen LogP contribution in [0.5, 0.6) is 11.5 Å². The molecular formula is C22H26O3. The summed E-state index contributed by atoms with van der Waals surface area (Å²) in [4.78, 5) is 13.8. The molecule has 0 saturated carbocycles. The number of hydrogen-bond acceptors (Lipinski definition) is 3. The first-order chi connectivity index (χ1) is 11.9. The second-order valence-electron chi connectivity index (χ2n) is 7.39. The lowest BCUT2D eigenvalue weighted by Crippen LogP contribution is -2.35. The van der Waals surface area contributed by atoms with Crippen molar-refractivity contribution in [3.05, 3.63) is 58.7 Å². The van der Waals surface area contributed by atoms with Crippen LogP contribution in [0, 0.1) is 0 Å². The summed E-state index contributed by atoms with van der Waals surface area (Å²) in [5, 5.41) is 19.7. The van der Waals surface area contributed by atoms with Gasteiger partial charge in [0.25, 0.3) is 0 Å². The highest BCUT2D eigenvalue weighted by molar-refractivity contribution is 6.07. The largest absolute Gasteiger partial charge is 0.508 e. The number of carbonyl (C=O) groups excluding carboxylic acids is 1. The van der Waals surface area contributed by atoms with E-state index in [9.17, 15) is 15.0 Å². The standard InChI is InChI=1S/C22H26O3/c1-4-22(16-7-9-17(23)10-8-16)11-5-6-15-12-18(24)13-19(14(2)3)20(15)21(22)25/h7-10,12-14,23-24H,4-6,11H2,1-3H3/t22-/m0/s1. The molecule has 132 valence electrons. The molecule has 1 aliphatic carbocycles. The van der Waals surface area contributed by atoms with Gasteiger partial charge < -0.3 is 10.2 Å². The zero-order valence-corrected chi connectivity index (χ0v) is 15.2. The van der Waals surface area contributed by atoms with Crippen molar-refractivity contribution in [2.45, 2.75) is 57.8 Å². The summed E-state index contributed by atoms with van der Waals surface area (Å²) < 4.78 is 0. The molecule has 0 bridgehead atoms. The number of fused-ring (bicyclic) bond motifs is 1. The number of carbonyl (C=O) groups is 1. The number of ketones is 1. The monoisotopic (exact) mass is 338 g/mol. The minimum Gasteiger partial charge on any atom is -0.508 e. The third-order valence-corrected chi connectivity index (χ3v) is 5.59. The Kier molecular flexibility index (Phi) is 4.59. The first-order valence-corrected chi connectivity index (χ1v) is 9.09. The second kappa shape index (κ2) is 6.55. The Balaban J connectivity index is 2.22. The number of phenolic OH excluding ortho intramolecular Hbond substituents is 2. The van der Waals surface area contributed by atoms with Gasteiger partial charge in [-0.1, -0.05) is 32.9 Å². The van der Waals surface area contributed by atoms with Crippen molar-refractivity contribution in [2.24, 2.45) is 0 Å². The van der Waals surface area contributed by atoms with E-state index in [-0.39, 0.29) is 23.2 Å². The van der Waals surface area contributed by atoms with Gasteiger partial charge in [-0.05, 0) is 72.6 Å². The molecule has 2 aromatic rings. The maximum absolute atomic E-state index is 13.8. The Morgan fingerprint density at radius 1 is 1.08 bits per heavy atom. The zero-order chi connectivity index (χ0) is 18.2. The molecule has 0 fully saturated rings. The van der Waals surface area contributed by atoms with Gasteiger partial charge in [0.2, 0.25) is 0 Å². The molecule has 25 heavy (non-hydrogen) atoms. The van der Waals surface area contributed by atoms with Crippen molar-refractivity contribution in [3.63, 3.8) is 0 Å². The Bertz CT molecular complexity index is 790. The van der Waals surface area contributed by atoms with E-state index in [4.69, 9.17) is 0 Å². The molecule has 3 heteroatoms. The summed E-state index contributed by atoms with van der Waals surface area (Å²) in [5.74, 6) is 0.766. The molecule has 2 aromatic carbocycles. The van der Waals surface area contributed by atoms with E-state index in [1.165, 1.54) is 0 Å². The molecule has 1 atom stereocenters. The number of aryl methyl sites for hydroxylation is 1. The number of Topliss-reactive ketones (excluding diaryl/α,β-unsaturated/α-hetero) is 1. The van der Waals surface area contributed by atoms with Crippen LogP contribution in [-0.4, -0.2) is 16.0 Å². The van der Waals surface area contributed by atoms with Gasteiger partial charge in [-0.2, -0.15) is 0 Å². The van der Waals surface area contributed by atoms with Gasteiger partial charge in [0, 0.05) is 5.56 Å². The molecule has 0 heterocycles. The molecule has 0 aromatic heterocycles. The van der Waals surface area contributed by atoms with E-state index >= 15 is 0 Å². The Morgan fingerprint density at radius 2 is 1.76 bits per heavy atom. The van der Waals surface area contributed by atoms with Gasteiger partial charge in [-0.15, -0.1) is 0 Å². The minimum atomic E-state index is -0.570. The number of phenols is 2. The fourth-order valence-electron chi connectivity index (χ4n) is 4.17.